The summed E-state index contributed by atoms with van der Waals surface area (Å²) >= 11 is 0. The van der Waals surface area contributed by atoms with Crippen molar-refractivity contribution in [1.82, 2.24) is 20.4 Å². The van der Waals surface area contributed by atoms with Crippen LogP contribution < -0.4 is 5.32 Å². The van der Waals surface area contributed by atoms with Gasteiger partial charge in [-0.25, -0.2) is 14.2 Å². The number of ether oxygens (including phenoxy) is 1. The van der Waals surface area contributed by atoms with Gasteiger partial charge in [0.2, 0.25) is 0 Å². The zero-order valence-electron chi connectivity index (χ0n) is 19.1. The molecular weight excluding hydrogens is 427 g/mol. The molecule has 1 aromatic carbocycles. The molecular formula is C24H27FN4O4. The number of carbonyl (C=O) groups excluding carboxylic acids is 2. The van der Waals surface area contributed by atoms with E-state index in [2.05, 4.69) is 15.5 Å². The van der Waals surface area contributed by atoms with Gasteiger partial charge in [0.1, 0.15) is 11.4 Å². The van der Waals surface area contributed by atoms with E-state index in [0.29, 0.717) is 53.8 Å². The molecule has 3 heterocycles. The van der Waals surface area contributed by atoms with E-state index in [4.69, 9.17) is 9.26 Å². The van der Waals surface area contributed by atoms with Crippen LogP contribution in [0.4, 0.5) is 9.18 Å². The number of rotatable bonds is 3. The Morgan fingerprint density at radius 1 is 1.18 bits per heavy atom. The highest BCUT2D eigenvalue weighted by Gasteiger charge is 2.28. The lowest BCUT2D eigenvalue weighted by molar-refractivity contribution is 0.0199. The number of pyridine rings is 1. The van der Waals surface area contributed by atoms with Crippen LogP contribution in [0.15, 0.2) is 34.9 Å². The highest BCUT2D eigenvalue weighted by atomic mass is 19.1. The number of aryl methyl sites for hydroxylation is 1. The van der Waals surface area contributed by atoms with Crippen LogP contribution in [-0.4, -0.2) is 51.8 Å². The fraction of sp³-hybridized carbons (Fsp3) is 0.417. The van der Waals surface area contributed by atoms with Gasteiger partial charge in [-0.05, 0) is 70.9 Å². The fourth-order valence-electron chi connectivity index (χ4n) is 3.84. The van der Waals surface area contributed by atoms with Gasteiger partial charge < -0.3 is 19.5 Å². The molecule has 0 bridgehead atoms. The second kappa shape index (κ2) is 8.80. The summed E-state index contributed by atoms with van der Waals surface area (Å²) in [6.45, 7) is 8.25. The van der Waals surface area contributed by atoms with Crippen molar-refractivity contribution in [2.24, 2.45) is 0 Å². The largest absolute Gasteiger partial charge is 0.444 e. The number of likely N-dealkylation sites (tertiary alicyclic amines) is 1. The maximum atomic E-state index is 13.3. The molecule has 0 unspecified atom stereocenters. The summed E-state index contributed by atoms with van der Waals surface area (Å²) in [5, 5.41) is 7.57. The van der Waals surface area contributed by atoms with Crippen molar-refractivity contribution in [3.63, 3.8) is 0 Å². The molecule has 1 aliphatic heterocycles. The lowest BCUT2D eigenvalue weighted by Crippen LogP contribution is -2.47. The zero-order valence-corrected chi connectivity index (χ0v) is 19.1. The topological polar surface area (TPSA) is 97.6 Å². The molecule has 1 fully saturated rings. The van der Waals surface area contributed by atoms with E-state index in [1.54, 1.807) is 30.0 Å². The number of nitrogens with one attached hydrogen (secondary N) is 1. The van der Waals surface area contributed by atoms with Gasteiger partial charge in [0.25, 0.3) is 11.6 Å². The Kier molecular flexibility index (Phi) is 6.05. The normalized spacial score (nSPS) is 15.0. The first-order chi connectivity index (χ1) is 15.6. The van der Waals surface area contributed by atoms with E-state index in [0.717, 1.165) is 0 Å². The minimum absolute atomic E-state index is 0.0890. The SMILES string of the molecule is Cc1noc2nc(-c3ccc(F)cc3)cc(C(=O)NC3CCN(C(=O)OC(C)(C)C)CC3)c12. The third-order valence-corrected chi connectivity index (χ3v) is 5.48. The molecule has 3 aromatic rings. The predicted octanol–water partition coefficient (Wildman–Crippen LogP) is 4.47. The molecule has 8 nitrogen and oxygen atoms in total. The van der Waals surface area contributed by atoms with Crippen molar-refractivity contribution < 1.29 is 23.2 Å². The number of hydrogen-bond donors (Lipinski definition) is 1. The molecule has 0 atom stereocenters. The number of carbonyl (C=O) groups is 2. The van der Waals surface area contributed by atoms with Crippen LogP contribution in [0.5, 0.6) is 0 Å². The van der Waals surface area contributed by atoms with Crippen LogP contribution in [0, 0.1) is 12.7 Å². The van der Waals surface area contributed by atoms with Gasteiger partial charge in [-0.1, -0.05) is 5.16 Å². The molecule has 0 saturated carbocycles. The van der Waals surface area contributed by atoms with Crippen LogP contribution in [0.1, 0.15) is 49.7 Å². The average molecular weight is 455 g/mol. The Morgan fingerprint density at radius 3 is 2.48 bits per heavy atom. The van der Waals surface area contributed by atoms with Gasteiger partial charge >= 0.3 is 6.09 Å². The second-order valence-corrected chi connectivity index (χ2v) is 9.23. The maximum Gasteiger partial charge on any atom is 0.410 e. The molecule has 1 aliphatic rings. The van der Waals surface area contributed by atoms with Crippen LogP contribution in [0.2, 0.25) is 0 Å². The Balaban J connectivity index is 1.51. The van der Waals surface area contributed by atoms with E-state index in [1.807, 2.05) is 20.8 Å². The van der Waals surface area contributed by atoms with Gasteiger partial charge in [-0.15, -0.1) is 0 Å². The molecule has 2 amide bonds. The van der Waals surface area contributed by atoms with Crippen molar-refractivity contribution >= 4 is 23.1 Å². The summed E-state index contributed by atoms with van der Waals surface area (Å²) < 4.78 is 24.1. The molecule has 2 aromatic heterocycles. The van der Waals surface area contributed by atoms with Crippen molar-refractivity contribution in [3.8, 4) is 11.3 Å². The summed E-state index contributed by atoms with van der Waals surface area (Å²) in [4.78, 5) is 31.6. The van der Waals surface area contributed by atoms with Crippen LogP contribution in [-0.2, 0) is 4.74 Å². The zero-order chi connectivity index (χ0) is 23.8. The first-order valence-corrected chi connectivity index (χ1v) is 10.9. The first-order valence-electron chi connectivity index (χ1n) is 10.9. The smallest absolute Gasteiger partial charge is 0.410 e. The lowest BCUT2D eigenvalue weighted by atomic mass is 10.0. The second-order valence-electron chi connectivity index (χ2n) is 9.23. The van der Waals surface area contributed by atoms with E-state index in [1.165, 1.54) is 12.1 Å². The molecule has 0 spiro atoms. The average Bonchev–Trinajstić information content (AvgIpc) is 3.13. The number of piperidine rings is 1. The summed E-state index contributed by atoms with van der Waals surface area (Å²) in [5.41, 5.74) is 1.81. The lowest BCUT2D eigenvalue weighted by Gasteiger charge is -2.33. The monoisotopic (exact) mass is 454 g/mol. The number of aromatic nitrogens is 2. The summed E-state index contributed by atoms with van der Waals surface area (Å²) in [5.74, 6) is -0.626. The van der Waals surface area contributed by atoms with Gasteiger partial charge in [0.05, 0.1) is 22.3 Å². The molecule has 1 N–H and O–H groups in total. The molecule has 174 valence electrons. The van der Waals surface area contributed by atoms with Crippen molar-refractivity contribution in [2.45, 2.75) is 52.2 Å². The molecule has 1 saturated heterocycles. The summed E-state index contributed by atoms with van der Waals surface area (Å²) in [6.07, 6.45) is 0.895. The van der Waals surface area contributed by atoms with E-state index in [9.17, 15) is 14.0 Å². The van der Waals surface area contributed by atoms with Gasteiger partial charge in [-0.3, -0.25) is 4.79 Å². The molecule has 9 heteroatoms. The van der Waals surface area contributed by atoms with Gasteiger partial charge in [-0.2, -0.15) is 0 Å². The minimum atomic E-state index is -0.548. The van der Waals surface area contributed by atoms with Crippen LogP contribution in [0.25, 0.3) is 22.4 Å². The summed E-state index contributed by atoms with van der Waals surface area (Å²) in [6, 6.07) is 7.46. The molecule has 33 heavy (non-hydrogen) atoms. The molecule has 4 rings (SSSR count). The van der Waals surface area contributed by atoms with Crippen LogP contribution >= 0.6 is 0 Å². The molecule has 0 radical (unpaired) electrons. The number of amides is 2. The Morgan fingerprint density at radius 2 is 1.85 bits per heavy atom. The minimum Gasteiger partial charge on any atom is -0.444 e. The number of halogens is 1. The first kappa shape index (κ1) is 22.7. The number of nitrogens with zero attached hydrogens (tertiary/aromatic N) is 3. The third kappa shape index (κ3) is 5.13. The Bertz CT molecular complexity index is 1180. The quantitative estimate of drug-likeness (QED) is 0.627. The summed E-state index contributed by atoms with van der Waals surface area (Å²) in [7, 11) is 0. The maximum absolute atomic E-state index is 13.3. The highest BCUT2D eigenvalue weighted by molar-refractivity contribution is 6.07. The fourth-order valence-corrected chi connectivity index (χ4v) is 3.84. The van der Waals surface area contributed by atoms with Crippen LogP contribution in [0.3, 0.4) is 0 Å². The van der Waals surface area contributed by atoms with E-state index in [-0.39, 0.29) is 29.6 Å². The Hall–Kier alpha value is -3.49. The highest BCUT2D eigenvalue weighted by Crippen LogP contribution is 2.27. The number of fused-ring (bicyclic) bond motifs is 1. The van der Waals surface area contributed by atoms with Gasteiger partial charge in [0.15, 0.2) is 0 Å². The predicted molar refractivity (Wildman–Crippen MR) is 120 cm³/mol. The Labute approximate surface area is 191 Å². The number of hydrogen-bond acceptors (Lipinski definition) is 6. The third-order valence-electron chi connectivity index (χ3n) is 5.48. The van der Waals surface area contributed by atoms with Gasteiger partial charge in [0, 0.05) is 24.7 Å². The number of benzene rings is 1. The van der Waals surface area contributed by atoms with Crippen molar-refractivity contribution in [3.05, 3.63) is 47.4 Å². The standard InChI is InChI=1S/C24H27FN4O4/c1-14-20-18(13-19(27-22(20)33-28-14)15-5-7-16(25)8-6-15)21(30)26-17-9-11-29(12-10-17)23(31)32-24(2,3)4/h5-8,13,17H,9-12H2,1-4H3,(H,26,30). The van der Waals surface area contributed by atoms with Crippen molar-refractivity contribution in [2.75, 3.05) is 13.1 Å². The van der Waals surface area contributed by atoms with E-state index >= 15 is 0 Å². The molecule has 0 aliphatic carbocycles. The van der Waals surface area contributed by atoms with Crippen molar-refractivity contribution in [1.29, 1.82) is 0 Å². The van der Waals surface area contributed by atoms with E-state index < -0.39 is 5.60 Å².